The van der Waals surface area contributed by atoms with Gasteiger partial charge in [0.15, 0.2) is 24.1 Å². The Hall–Kier alpha value is -4.22. The summed E-state index contributed by atoms with van der Waals surface area (Å²) in [5.74, 6) is -3.24. The van der Waals surface area contributed by atoms with E-state index in [1.54, 1.807) is 19.1 Å². The number of aliphatic hydroxyl groups is 8. The summed E-state index contributed by atoms with van der Waals surface area (Å²) in [5, 5.41) is 99.4. The Morgan fingerprint density at radius 2 is 1.33 bits per heavy atom. The molecule has 0 bridgehead atoms. The van der Waals surface area contributed by atoms with Crippen LogP contribution in [0, 0.1) is 5.92 Å². The molecule has 19 nitrogen and oxygen atoms in total. The number of ether oxygens (including phenoxy) is 7. The number of aliphatic hydroxyl groups excluding tert-OH is 8. The first-order valence-electron chi connectivity index (χ1n) is 18.1. The molecule has 0 unspecified atom stereocenters. The van der Waals surface area contributed by atoms with Gasteiger partial charge >= 0.3 is 11.9 Å². The van der Waals surface area contributed by atoms with Gasteiger partial charge in [0.2, 0.25) is 6.29 Å². The van der Waals surface area contributed by atoms with Gasteiger partial charge in [-0.2, -0.15) is 0 Å². The van der Waals surface area contributed by atoms with Gasteiger partial charge in [-0.15, -0.1) is 0 Å². The van der Waals surface area contributed by atoms with Gasteiger partial charge in [0, 0.05) is 17.9 Å². The number of phenols is 2. The monoisotopic (exact) mass is 808 g/mol. The van der Waals surface area contributed by atoms with E-state index in [1.165, 1.54) is 36.4 Å². The van der Waals surface area contributed by atoms with Crippen LogP contribution in [0.3, 0.4) is 0 Å². The van der Waals surface area contributed by atoms with Crippen LogP contribution in [0.4, 0.5) is 0 Å². The molecule has 12 atom stereocenters. The van der Waals surface area contributed by atoms with E-state index in [2.05, 4.69) is 0 Å². The first-order chi connectivity index (χ1) is 27.3. The Bertz CT molecular complexity index is 1710. The Balaban J connectivity index is 1.24. The van der Waals surface area contributed by atoms with Crippen molar-refractivity contribution in [3.05, 3.63) is 77.1 Å². The topological polar surface area (TPSA) is 301 Å². The molecular weight excluding hydrogens is 760 g/mol. The highest BCUT2D eigenvalue weighted by Gasteiger charge is 2.47. The molecule has 3 aliphatic heterocycles. The number of hydrogen-bond donors (Lipinski definition) is 10. The minimum Gasteiger partial charge on any atom is -0.504 e. The minimum atomic E-state index is -1.77. The Kier molecular flexibility index (Phi) is 15.4. The van der Waals surface area contributed by atoms with Gasteiger partial charge in [-0.1, -0.05) is 24.3 Å². The molecule has 19 heteroatoms. The molecule has 0 aromatic heterocycles. The summed E-state index contributed by atoms with van der Waals surface area (Å²) < 4.78 is 38.9. The van der Waals surface area contributed by atoms with Crippen LogP contribution in [0.1, 0.15) is 24.5 Å². The number of carbonyl (C=O) groups excluding carboxylic acids is 2. The number of hydrogen-bond acceptors (Lipinski definition) is 19. The second kappa shape index (κ2) is 20.0. The molecule has 2 aromatic rings. The van der Waals surface area contributed by atoms with Crippen molar-refractivity contribution in [1.82, 2.24) is 0 Å². The highest BCUT2D eigenvalue weighted by Crippen LogP contribution is 2.37. The summed E-state index contributed by atoms with van der Waals surface area (Å²) in [5.41, 5.74) is 1.39. The molecule has 0 aliphatic carbocycles. The van der Waals surface area contributed by atoms with E-state index in [4.69, 9.17) is 33.2 Å². The molecule has 5 rings (SSSR count). The van der Waals surface area contributed by atoms with Crippen LogP contribution in [-0.2, 0) is 50.9 Å². The SMILES string of the molecule is CC=C1[C@H](O[C@@H]2O[C@H](CO)[C@@H](O)[C@H](O)[C@H]2O)OC=C(C(=O)OCCc2ccc(O)c(O)c2)[C@H]1CC(=O)Oc1ccc(CCO[C@@H]2O[C@H](CO)[C@@H](O)[C@H](O)[C@H]2O)cc1. The van der Waals surface area contributed by atoms with Crippen LogP contribution in [0.15, 0.2) is 65.9 Å². The lowest BCUT2D eigenvalue weighted by molar-refractivity contribution is -0.327. The van der Waals surface area contributed by atoms with Crippen molar-refractivity contribution in [2.45, 2.75) is 93.9 Å². The van der Waals surface area contributed by atoms with E-state index in [9.17, 15) is 60.7 Å². The lowest BCUT2D eigenvalue weighted by Gasteiger charge is -2.41. The first-order valence-corrected chi connectivity index (χ1v) is 18.1. The molecule has 2 saturated heterocycles. The highest BCUT2D eigenvalue weighted by molar-refractivity contribution is 5.91. The molecule has 314 valence electrons. The molecule has 10 N–H and O–H groups in total. The van der Waals surface area contributed by atoms with E-state index in [0.717, 1.165) is 11.8 Å². The Labute approximate surface area is 326 Å². The van der Waals surface area contributed by atoms with E-state index < -0.39 is 105 Å². The number of aromatic hydroxyl groups is 2. The first kappa shape index (κ1) is 43.9. The third kappa shape index (κ3) is 10.6. The average Bonchev–Trinajstić information content (AvgIpc) is 3.20. The Morgan fingerprint density at radius 3 is 1.95 bits per heavy atom. The van der Waals surface area contributed by atoms with E-state index in [-0.39, 0.29) is 48.0 Å². The second-order valence-electron chi connectivity index (χ2n) is 13.6. The highest BCUT2D eigenvalue weighted by atomic mass is 16.8. The van der Waals surface area contributed by atoms with Crippen molar-refractivity contribution in [2.75, 3.05) is 26.4 Å². The van der Waals surface area contributed by atoms with Gasteiger partial charge < -0.3 is 84.2 Å². The van der Waals surface area contributed by atoms with Gasteiger partial charge in [-0.25, -0.2) is 4.79 Å². The van der Waals surface area contributed by atoms with E-state index in [0.29, 0.717) is 12.0 Å². The summed E-state index contributed by atoms with van der Waals surface area (Å²) >= 11 is 0. The van der Waals surface area contributed by atoms with Crippen molar-refractivity contribution >= 4 is 11.9 Å². The van der Waals surface area contributed by atoms with Crippen LogP contribution in [0.25, 0.3) is 0 Å². The predicted molar refractivity (Wildman–Crippen MR) is 190 cm³/mol. The molecule has 0 spiro atoms. The number of benzene rings is 2. The fourth-order valence-electron chi connectivity index (χ4n) is 6.44. The molecule has 2 aromatic carbocycles. The molecule has 0 amide bonds. The van der Waals surface area contributed by atoms with Crippen molar-refractivity contribution in [3.8, 4) is 17.2 Å². The predicted octanol–water partition coefficient (Wildman–Crippen LogP) is -1.84. The minimum absolute atomic E-state index is 0.0205. The van der Waals surface area contributed by atoms with Gasteiger partial charge in [0.05, 0.1) is 44.7 Å². The molecule has 0 radical (unpaired) electrons. The molecule has 3 heterocycles. The maximum atomic E-state index is 13.4. The van der Waals surface area contributed by atoms with E-state index in [1.807, 2.05) is 0 Å². The summed E-state index contributed by atoms with van der Waals surface area (Å²) in [6, 6.07) is 10.5. The Morgan fingerprint density at radius 1 is 0.737 bits per heavy atom. The quantitative estimate of drug-likeness (QED) is 0.0409. The number of rotatable bonds is 15. The summed E-state index contributed by atoms with van der Waals surface area (Å²) in [6.07, 6.45) is -14.0. The molecule has 3 aliphatic rings. The summed E-state index contributed by atoms with van der Waals surface area (Å²) in [7, 11) is 0. The van der Waals surface area contributed by atoms with E-state index >= 15 is 0 Å². The number of esters is 2. The lowest BCUT2D eigenvalue weighted by atomic mass is 9.86. The van der Waals surface area contributed by atoms with Gasteiger partial charge in [-0.3, -0.25) is 4.79 Å². The van der Waals surface area contributed by atoms with Crippen molar-refractivity contribution < 1.29 is 93.8 Å². The molecule has 0 saturated carbocycles. The fraction of sp³-hybridized carbons (Fsp3) is 0.526. The second-order valence-corrected chi connectivity index (χ2v) is 13.6. The van der Waals surface area contributed by atoms with Crippen LogP contribution in [0.5, 0.6) is 17.2 Å². The maximum absolute atomic E-state index is 13.4. The van der Waals surface area contributed by atoms with Crippen molar-refractivity contribution in [3.63, 3.8) is 0 Å². The number of phenolic OH excluding ortho intramolecular Hbond substituents is 2. The molecule has 57 heavy (non-hydrogen) atoms. The standard InChI is InChI=1S/C38H48O19/c1-2-21-22(14-28(43)54-20-6-3-18(4-7-20)9-12-52-37-33(48)31(46)29(44)26(15-39)55-37)23(35(50)51-11-10-19-5-8-24(41)25(42)13-19)17-53-36(21)57-38-34(49)32(47)30(45)27(16-40)56-38/h2-8,13,17,22,26-27,29-34,36-42,44-49H,9-12,14-16H2,1H3/t22-,26+,27+,29+,30+,31-,32-,33+,34+,36-,37+,38-/m0/s1. The van der Waals surface area contributed by atoms with Gasteiger partial charge in [0.1, 0.15) is 54.6 Å². The average molecular weight is 809 g/mol. The zero-order valence-electron chi connectivity index (χ0n) is 30.7. The summed E-state index contributed by atoms with van der Waals surface area (Å²) in [4.78, 5) is 26.9. The van der Waals surface area contributed by atoms with Gasteiger partial charge in [-0.05, 0) is 48.7 Å². The largest absolute Gasteiger partial charge is 0.504 e. The van der Waals surface area contributed by atoms with Crippen molar-refractivity contribution in [2.24, 2.45) is 5.92 Å². The number of allylic oxidation sites excluding steroid dienone is 1. The summed E-state index contributed by atoms with van der Waals surface area (Å²) in [6.45, 7) is 0.132. The third-order valence-electron chi connectivity index (χ3n) is 9.75. The smallest absolute Gasteiger partial charge is 0.337 e. The molecule has 2 fully saturated rings. The van der Waals surface area contributed by atoms with Crippen LogP contribution in [0.2, 0.25) is 0 Å². The van der Waals surface area contributed by atoms with Gasteiger partial charge in [0.25, 0.3) is 0 Å². The zero-order valence-corrected chi connectivity index (χ0v) is 30.7. The number of carbonyl (C=O) groups is 2. The van der Waals surface area contributed by atoms with Crippen LogP contribution < -0.4 is 4.74 Å². The zero-order chi connectivity index (χ0) is 41.4. The van der Waals surface area contributed by atoms with Crippen molar-refractivity contribution in [1.29, 1.82) is 0 Å². The third-order valence-corrected chi connectivity index (χ3v) is 9.75. The van der Waals surface area contributed by atoms with Crippen LogP contribution in [-0.4, -0.2) is 157 Å². The maximum Gasteiger partial charge on any atom is 0.337 e. The fourth-order valence-corrected chi connectivity index (χ4v) is 6.44. The lowest BCUT2D eigenvalue weighted by Crippen LogP contribution is -2.60. The molecular formula is C38H48O19. The normalized spacial score (nSPS) is 32.3. The van der Waals surface area contributed by atoms with Crippen LogP contribution >= 0.6 is 0 Å².